The van der Waals surface area contributed by atoms with E-state index in [9.17, 15) is 4.79 Å². The molecule has 0 aliphatic carbocycles. The number of hydrogen-bond acceptors (Lipinski definition) is 6. The number of hydrogen-bond donors (Lipinski definition) is 3. The molecule has 1 aromatic carbocycles. The van der Waals surface area contributed by atoms with Crippen molar-refractivity contribution in [3.63, 3.8) is 0 Å². The Kier molecular flexibility index (Phi) is 6.10. The molecule has 0 fully saturated rings. The van der Waals surface area contributed by atoms with E-state index in [1.165, 1.54) is 11.8 Å². The molecular weight excluding hydrogens is 256 g/mol. The molecule has 1 unspecified atom stereocenters. The summed E-state index contributed by atoms with van der Waals surface area (Å²) in [5.74, 6) is 0.476. The fraction of sp³-hybridized carbons (Fsp3) is 0.364. The van der Waals surface area contributed by atoms with Gasteiger partial charge in [-0.05, 0) is 24.6 Å². The highest BCUT2D eigenvalue weighted by molar-refractivity contribution is 7.99. The number of hydroxylamine groups is 1. The summed E-state index contributed by atoms with van der Waals surface area (Å²) in [4.78, 5) is 20.1. The average Bonchev–Trinajstić information content (AvgIpc) is 2.36. The van der Waals surface area contributed by atoms with Gasteiger partial charge >= 0.3 is 0 Å². The van der Waals surface area contributed by atoms with Gasteiger partial charge in [-0.3, -0.25) is 14.9 Å². The molecular formula is C11H16N2O4S. The van der Waals surface area contributed by atoms with Crippen molar-refractivity contribution in [1.29, 1.82) is 0 Å². The molecule has 0 bridgehead atoms. The van der Waals surface area contributed by atoms with E-state index in [-0.39, 0.29) is 6.61 Å². The Hall–Kier alpha value is -1.12. The van der Waals surface area contributed by atoms with E-state index in [1.807, 2.05) is 24.3 Å². The number of rotatable bonds is 8. The summed E-state index contributed by atoms with van der Waals surface area (Å²) in [6.45, 7) is 1.83. The van der Waals surface area contributed by atoms with Gasteiger partial charge < -0.3 is 5.73 Å². The fourth-order valence-electron chi connectivity index (χ4n) is 1.17. The zero-order valence-electron chi connectivity index (χ0n) is 9.96. The molecule has 0 heterocycles. The first-order valence-electron chi connectivity index (χ1n) is 5.21. The van der Waals surface area contributed by atoms with Crippen molar-refractivity contribution in [2.45, 2.75) is 24.2 Å². The molecule has 1 atom stereocenters. The van der Waals surface area contributed by atoms with Gasteiger partial charge in [0.1, 0.15) is 6.61 Å². The second-order valence-corrected chi connectivity index (χ2v) is 4.91. The van der Waals surface area contributed by atoms with Crippen LogP contribution in [0.2, 0.25) is 0 Å². The van der Waals surface area contributed by atoms with Crippen LogP contribution >= 0.6 is 11.8 Å². The van der Waals surface area contributed by atoms with Crippen LogP contribution in [-0.4, -0.2) is 23.1 Å². The van der Waals surface area contributed by atoms with Gasteiger partial charge in [0, 0.05) is 10.6 Å². The molecule has 0 saturated carbocycles. The molecule has 1 rings (SSSR count). The molecule has 0 radical (unpaired) electrons. The Labute approximate surface area is 109 Å². The van der Waals surface area contributed by atoms with Crippen LogP contribution in [-0.2, 0) is 21.1 Å². The molecule has 0 spiro atoms. The minimum absolute atomic E-state index is 0.159. The maximum absolute atomic E-state index is 10.1. The van der Waals surface area contributed by atoms with Crippen molar-refractivity contribution in [3.8, 4) is 0 Å². The minimum Gasteiger partial charge on any atom is -0.301 e. The third-order valence-electron chi connectivity index (χ3n) is 2.02. The summed E-state index contributed by atoms with van der Waals surface area (Å²) < 4.78 is 0. The Morgan fingerprint density at radius 2 is 2.17 bits per heavy atom. The van der Waals surface area contributed by atoms with Crippen molar-refractivity contribution < 1.29 is 19.8 Å². The largest absolute Gasteiger partial charge is 0.301 e. The molecule has 1 aromatic rings. The van der Waals surface area contributed by atoms with Crippen LogP contribution in [0.4, 0.5) is 0 Å². The van der Waals surface area contributed by atoms with Gasteiger partial charge in [0.05, 0.1) is 0 Å². The standard InChI is InChI=1S/C11H16N2O4S/c1-11(12,17-13-8-14)7-18-10-4-2-9(3-5-10)6-16-15/h2-5,8,15H,6-7,12H2,1H3,(H,13,14). The monoisotopic (exact) mass is 272 g/mol. The number of thioether (sulfide) groups is 1. The van der Waals surface area contributed by atoms with Crippen LogP contribution in [0.3, 0.4) is 0 Å². The predicted molar refractivity (Wildman–Crippen MR) is 67.5 cm³/mol. The summed E-state index contributed by atoms with van der Waals surface area (Å²) in [7, 11) is 0. The van der Waals surface area contributed by atoms with Gasteiger partial charge in [0.25, 0.3) is 0 Å². The van der Waals surface area contributed by atoms with E-state index in [4.69, 9.17) is 15.8 Å². The number of nitrogens with one attached hydrogen (secondary N) is 1. The van der Waals surface area contributed by atoms with E-state index in [1.54, 1.807) is 6.92 Å². The predicted octanol–water partition coefficient (Wildman–Crippen LogP) is 1.12. The second kappa shape index (κ2) is 7.34. The van der Waals surface area contributed by atoms with Crippen molar-refractivity contribution in [2.24, 2.45) is 5.73 Å². The van der Waals surface area contributed by atoms with Gasteiger partial charge in [0.15, 0.2) is 5.72 Å². The number of carbonyl (C=O) groups excluding carboxylic acids is 1. The highest BCUT2D eigenvalue weighted by atomic mass is 32.2. The zero-order chi connectivity index (χ0) is 13.4. The Balaban J connectivity index is 2.45. The molecule has 0 saturated heterocycles. The summed E-state index contributed by atoms with van der Waals surface area (Å²) in [6, 6.07) is 7.47. The lowest BCUT2D eigenvalue weighted by Crippen LogP contribution is -2.45. The third-order valence-corrected chi connectivity index (χ3v) is 3.34. The molecule has 100 valence electrons. The van der Waals surface area contributed by atoms with Crippen molar-refractivity contribution in [1.82, 2.24) is 5.48 Å². The molecule has 6 nitrogen and oxygen atoms in total. The normalized spacial score (nSPS) is 13.9. The van der Waals surface area contributed by atoms with Gasteiger partial charge in [-0.2, -0.15) is 0 Å². The lowest BCUT2D eigenvalue weighted by molar-refractivity contribution is -0.253. The van der Waals surface area contributed by atoms with Gasteiger partial charge in [-0.25, -0.2) is 10.4 Å². The number of nitrogens with two attached hydrogens (primary N) is 1. The highest BCUT2D eigenvalue weighted by Crippen LogP contribution is 2.22. The summed E-state index contributed by atoms with van der Waals surface area (Å²) in [5.41, 5.74) is 7.82. The summed E-state index contributed by atoms with van der Waals surface area (Å²) in [5, 5.41) is 8.31. The Morgan fingerprint density at radius 3 is 2.72 bits per heavy atom. The van der Waals surface area contributed by atoms with Crippen LogP contribution in [0.5, 0.6) is 0 Å². The Morgan fingerprint density at radius 1 is 1.50 bits per heavy atom. The van der Waals surface area contributed by atoms with Crippen molar-refractivity contribution in [2.75, 3.05) is 5.75 Å². The van der Waals surface area contributed by atoms with Crippen LogP contribution in [0, 0.1) is 0 Å². The number of carbonyl (C=O) groups is 1. The maximum atomic E-state index is 10.1. The van der Waals surface area contributed by atoms with E-state index in [2.05, 4.69) is 10.4 Å². The van der Waals surface area contributed by atoms with E-state index < -0.39 is 5.72 Å². The molecule has 1 amide bonds. The SMILES string of the molecule is CC(N)(CSc1ccc(COO)cc1)ONC=O. The molecule has 0 aromatic heterocycles. The topological polar surface area (TPSA) is 93.8 Å². The van der Waals surface area contributed by atoms with Gasteiger partial charge in [-0.1, -0.05) is 12.1 Å². The van der Waals surface area contributed by atoms with E-state index in [0.717, 1.165) is 10.5 Å². The van der Waals surface area contributed by atoms with Crippen LogP contribution in [0.25, 0.3) is 0 Å². The zero-order valence-corrected chi connectivity index (χ0v) is 10.8. The second-order valence-electron chi connectivity index (χ2n) is 3.86. The first-order chi connectivity index (χ1) is 8.57. The number of amides is 1. The van der Waals surface area contributed by atoms with E-state index in [0.29, 0.717) is 12.2 Å². The molecule has 7 heteroatoms. The molecule has 4 N–H and O–H groups in total. The van der Waals surface area contributed by atoms with Crippen LogP contribution in [0.1, 0.15) is 12.5 Å². The highest BCUT2D eigenvalue weighted by Gasteiger charge is 2.19. The maximum Gasteiger partial charge on any atom is 0.230 e. The smallest absolute Gasteiger partial charge is 0.230 e. The first kappa shape index (κ1) is 14.9. The summed E-state index contributed by atoms with van der Waals surface area (Å²) in [6.07, 6.45) is 0.430. The Bertz CT molecular complexity index is 370. The molecule has 18 heavy (non-hydrogen) atoms. The van der Waals surface area contributed by atoms with Crippen molar-refractivity contribution >= 4 is 18.2 Å². The lowest BCUT2D eigenvalue weighted by Gasteiger charge is -2.22. The van der Waals surface area contributed by atoms with E-state index >= 15 is 0 Å². The molecule has 0 aliphatic heterocycles. The van der Waals surface area contributed by atoms with Crippen molar-refractivity contribution in [3.05, 3.63) is 29.8 Å². The lowest BCUT2D eigenvalue weighted by atomic mass is 10.2. The minimum atomic E-state index is -0.946. The third kappa shape index (κ3) is 5.48. The van der Waals surface area contributed by atoms with Crippen LogP contribution < -0.4 is 11.2 Å². The quantitative estimate of drug-likeness (QED) is 0.216. The van der Waals surface area contributed by atoms with Gasteiger partial charge in [0.2, 0.25) is 6.41 Å². The fourth-order valence-corrected chi connectivity index (χ4v) is 2.01. The molecule has 0 aliphatic rings. The summed E-state index contributed by atoms with van der Waals surface area (Å²) >= 11 is 1.50. The average molecular weight is 272 g/mol. The number of benzene rings is 1. The first-order valence-corrected chi connectivity index (χ1v) is 6.20. The van der Waals surface area contributed by atoms with Gasteiger partial charge in [-0.15, -0.1) is 11.8 Å². The van der Waals surface area contributed by atoms with Crippen LogP contribution in [0.15, 0.2) is 29.2 Å².